The predicted octanol–water partition coefficient (Wildman–Crippen LogP) is 1.53. The van der Waals surface area contributed by atoms with E-state index in [2.05, 4.69) is 10.3 Å². The number of hydrogen-bond acceptors (Lipinski definition) is 4. The average molecular weight is 226 g/mol. The van der Waals surface area contributed by atoms with E-state index in [1.165, 1.54) is 4.90 Å². The molecule has 4 heteroatoms. The smallest absolute Gasteiger partial charge is 0.0610 e. The molecule has 1 heterocycles. The van der Waals surface area contributed by atoms with Gasteiger partial charge in [0.25, 0.3) is 0 Å². The maximum absolute atomic E-state index is 9.20. The van der Waals surface area contributed by atoms with Crippen molar-refractivity contribution in [2.45, 2.75) is 23.8 Å². The highest BCUT2D eigenvalue weighted by molar-refractivity contribution is 7.99. The fraction of sp³-hybridized carbons (Fsp3) is 0.545. The first-order chi connectivity index (χ1) is 7.20. The van der Waals surface area contributed by atoms with Crippen molar-refractivity contribution in [1.82, 2.24) is 10.3 Å². The third-order valence-electron chi connectivity index (χ3n) is 2.52. The van der Waals surface area contributed by atoms with Crippen molar-refractivity contribution in [3.05, 3.63) is 24.5 Å². The Morgan fingerprint density at radius 3 is 2.67 bits per heavy atom. The summed E-state index contributed by atoms with van der Waals surface area (Å²) in [6.45, 7) is 2.19. The molecule has 2 N–H and O–H groups in total. The molecule has 0 amide bonds. The van der Waals surface area contributed by atoms with Crippen LogP contribution in [0.2, 0.25) is 0 Å². The molecular formula is C11H18N2OS. The monoisotopic (exact) mass is 226 g/mol. The van der Waals surface area contributed by atoms with E-state index in [9.17, 15) is 5.11 Å². The molecule has 0 spiro atoms. The van der Waals surface area contributed by atoms with Gasteiger partial charge in [-0.05, 0) is 38.3 Å². The first-order valence-electron chi connectivity index (χ1n) is 5.03. The summed E-state index contributed by atoms with van der Waals surface area (Å²) in [6, 6.07) is 4.00. The summed E-state index contributed by atoms with van der Waals surface area (Å²) in [5.41, 5.74) is -0.167. The topological polar surface area (TPSA) is 45.1 Å². The summed E-state index contributed by atoms with van der Waals surface area (Å²) in [5, 5.41) is 12.3. The number of hydrogen-bond donors (Lipinski definition) is 2. The van der Waals surface area contributed by atoms with Crippen LogP contribution in [0.1, 0.15) is 13.3 Å². The van der Waals surface area contributed by atoms with Gasteiger partial charge in [-0.15, -0.1) is 11.8 Å². The minimum atomic E-state index is -0.167. The van der Waals surface area contributed by atoms with Crippen LogP contribution in [0.25, 0.3) is 0 Å². The molecule has 84 valence electrons. The standard InChI is InChI=1S/C11H18N2OS/c1-11(9-14,12-2)5-8-15-10-3-6-13-7-4-10/h3-4,6-7,12,14H,5,8-9H2,1-2H3. The van der Waals surface area contributed by atoms with Crippen LogP contribution in [0.5, 0.6) is 0 Å². The van der Waals surface area contributed by atoms with E-state index in [0.717, 1.165) is 12.2 Å². The first kappa shape index (κ1) is 12.5. The lowest BCUT2D eigenvalue weighted by Crippen LogP contribution is -2.43. The highest BCUT2D eigenvalue weighted by atomic mass is 32.2. The normalized spacial score (nSPS) is 14.9. The Morgan fingerprint density at radius 2 is 2.13 bits per heavy atom. The van der Waals surface area contributed by atoms with Gasteiger partial charge in [0.1, 0.15) is 0 Å². The largest absolute Gasteiger partial charge is 0.394 e. The summed E-state index contributed by atoms with van der Waals surface area (Å²) in [5.74, 6) is 0.988. The lowest BCUT2D eigenvalue weighted by Gasteiger charge is -2.26. The summed E-state index contributed by atoms with van der Waals surface area (Å²) in [6.07, 6.45) is 4.53. The van der Waals surface area contributed by atoms with E-state index in [1.807, 2.05) is 26.1 Å². The van der Waals surface area contributed by atoms with Gasteiger partial charge in [-0.2, -0.15) is 0 Å². The van der Waals surface area contributed by atoms with Gasteiger partial charge in [-0.3, -0.25) is 4.98 Å². The van der Waals surface area contributed by atoms with Crippen LogP contribution >= 0.6 is 11.8 Å². The molecule has 0 saturated carbocycles. The third kappa shape index (κ3) is 4.20. The molecule has 1 atom stereocenters. The van der Waals surface area contributed by atoms with E-state index in [1.54, 1.807) is 24.2 Å². The number of aliphatic hydroxyl groups excluding tert-OH is 1. The molecule has 0 saturated heterocycles. The van der Waals surface area contributed by atoms with Crippen LogP contribution < -0.4 is 5.32 Å². The lowest BCUT2D eigenvalue weighted by molar-refractivity contribution is 0.179. The van der Waals surface area contributed by atoms with E-state index in [0.29, 0.717) is 0 Å². The molecule has 0 aliphatic carbocycles. The Balaban J connectivity index is 2.33. The van der Waals surface area contributed by atoms with Crippen LogP contribution in [0.4, 0.5) is 0 Å². The predicted molar refractivity (Wildman–Crippen MR) is 64.1 cm³/mol. The Bertz CT molecular complexity index is 275. The van der Waals surface area contributed by atoms with E-state index in [-0.39, 0.29) is 12.1 Å². The second kappa shape index (κ2) is 6.10. The summed E-state index contributed by atoms with van der Waals surface area (Å²) < 4.78 is 0. The van der Waals surface area contributed by atoms with Crippen LogP contribution in [0.15, 0.2) is 29.4 Å². The molecule has 0 aromatic carbocycles. The summed E-state index contributed by atoms with van der Waals surface area (Å²) in [4.78, 5) is 5.19. The first-order valence-corrected chi connectivity index (χ1v) is 6.01. The Kier molecular flexibility index (Phi) is 5.08. The van der Waals surface area contributed by atoms with E-state index >= 15 is 0 Å². The highest BCUT2D eigenvalue weighted by Crippen LogP contribution is 2.20. The lowest BCUT2D eigenvalue weighted by atomic mass is 10.0. The van der Waals surface area contributed by atoms with Gasteiger partial charge in [0.15, 0.2) is 0 Å². The summed E-state index contributed by atoms with van der Waals surface area (Å²) >= 11 is 1.79. The number of thioether (sulfide) groups is 1. The molecule has 1 unspecified atom stereocenters. The minimum Gasteiger partial charge on any atom is -0.394 e. The van der Waals surface area contributed by atoms with Gasteiger partial charge < -0.3 is 10.4 Å². The fourth-order valence-electron chi connectivity index (χ4n) is 1.11. The van der Waals surface area contributed by atoms with Crippen LogP contribution in [0.3, 0.4) is 0 Å². The zero-order valence-electron chi connectivity index (χ0n) is 9.23. The zero-order valence-corrected chi connectivity index (χ0v) is 10.0. The van der Waals surface area contributed by atoms with Crippen molar-refractivity contribution in [3.63, 3.8) is 0 Å². The Morgan fingerprint density at radius 1 is 1.47 bits per heavy atom. The van der Waals surface area contributed by atoms with E-state index in [4.69, 9.17) is 0 Å². The number of aromatic nitrogens is 1. The number of nitrogens with zero attached hydrogens (tertiary/aromatic N) is 1. The van der Waals surface area contributed by atoms with Crippen molar-refractivity contribution in [1.29, 1.82) is 0 Å². The molecule has 0 radical (unpaired) electrons. The van der Waals surface area contributed by atoms with Crippen molar-refractivity contribution < 1.29 is 5.11 Å². The number of aliphatic hydroxyl groups is 1. The Labute approximate surface area is 95.3 Å². The number of rotatable bonds is 6. The molecule has 0 aliphatic heterocycles. The second-order valence-corrected chi connectivity index (χ2v) is 4.92. The molecule has 3 nitrogen and oxygen atoms in total. The summed E-state index contributed by atoms with van der Waals surface area (Å²) in [7, 11) is 1.88. The minimum absolute atomic E-state index is 0.167. The van der Waals surface area contributed by atoms with Crippen molar-refractivity contribution >= 4 is 11.8 Å². The van der Waals surface area contributed by atoms with Crippen molar-refractivity contribution in [2.75, 3.05) is 19.4 Å². The van der Waals surface area contributed by atoms with E-state index < -0.39 is 0 Å². The van der Waals surface area contributed by atoms with Crippen molar-refractivity contribution in [3.8, 4) is 0 Å². The van der Waals surface area contributed by atoms with Gasteiger partial charge in [0.2, 0.25) is 0 Å². The molecule has 1 aromatic heterocycles. The van der Waals surface area contributed by atoms with Gasteiger partial charge in [-0.1, -0.05) is 0 Å². The Hall–Kier alpha value is -0.580. The third-order valence-corrected chi connectivity index (χ3v) is 3.54. The molecule has 0 aliphatic rings. The number of pyridine rings is 1. The molecule has 1 aromatic rings. The zero-order chi connectivity index (χ0) is 11.1. The number of nitrogens with one attached hydrogen (secondary N) is 1. The molecule has 15 heavy (non-hydrogen) atoms. The molecule has 0 fully saturated rings. The van der Waals surface area contributed by atoms with Gasteiger partial charge in [0, 0.05) is 22.8 Å². The second-order valence-electron chi connectivity index (χ2n) is 3.75. The van der Waals surface area contributed by atoms with Crippen LogP contribution in [0, 0.1) is 0 Å². The molecule has 1 rings (SSSR count). The molecular weight excluding hydrogens is 208 g/mol. The SMILES string of the molecule is CNC(C)(CO)CCSc1ccncc1. The maximum Gasteiger partial charge on any atom is 0.0610 e. The number of likely N-dealkylation sites (N-methyl/N-ethyl adjacent to an activating group) is 1. The molecule has 0 bridgehead atoms. The highest BCUT2D eigenvalue weighted by Gasteiger charge is 2.19. The quantitative estimate of drug-likeness (QED) is 0.722. The van der Waals surface area contributed by atoms with Crippen LogP contribution in [-0.2, 0) is 0 Å². The van der Waals surface area contributed by atoms with Crippen molar-refractivity contribution in [2.24, 2.45) is 0 Å². The average Bonchev–Trinajstić information content (AvgIpc) is 2.30. The fourth-order valence-corrected chi connectivity index (χ4v) is 2.21. The van der Waals surface area contributed by atoms with Gasteiger partial charge in [-0.25, -0.2) is 0 Å². The maximum atomic E-state index is 9.20. The van der Waals surface area contributed by atoms with Crippen LogP contribution in [-0.4, -0.2) is 35.0 Å². The van der Waals surface area contributed by atoms with Gasteiger partial charge in [0.05, 0.1) is 6.61 Å². The van der Waals surface area contributed by atoms with Gasteiger partial charge >= 0.3 is 0 Å².